The molecule has 0 spiro atoms. The third-order valence-corrected chi connectivity index (χ3v) is 8.95. The molecule has 4 aliphatic rings. The Bertz CT molecular complexity index is 994. The maximum Gasteiger partial charge on any atom is 0.429 e. The highest BCUT2D eigenvalue weighted by atomic mass is 19.4. The normalized spacial score (nSPS) is 33.4. The highest BCUT2D eigenvalue weighted by Gasteiger charge is 2.69. The zero-order valence-corrected chi connectivity index (χ0v) is 20.5. The first-order valence-electron chi connectivity index (χ1n) is 12.7. The van der Waals surface area contributed by atoms with Crippen LogP contribution in [0.5, 0.6) is 0 Å². The van der Waals surface area contributed by atoms with Crippen LogP contribution in [0.3, 0.4) is 0 Å². The predicted molar refractivity (Wildman–Crippen MR) is 126 cm³/mol. The number of allylic oxidation sites excluding steroid dienone is 6. The van der Waals surface area contributed by atoms with Crippen molar-refractivity contribution in [2.24, 2.45) is 16.7 Å². The Morgan fingerprint density at radius 2 is 1.69 bits per heavy atom. The van der Waals surface area contributed by atoms with Crippen LogP contribution in [0.1, 0.15) is 71.1 Å². The second-order valence-corrected chi connectivity index (χ2v) is 11.2. The summed E-state index contributed by atoms with van der Waals surface area (Å²) in [4.78, 5) is 0. The van der Waals surface area contributed by atoms with Gasteiger partial charge < -0.3 is 10.2 Å². The van der Waals surface area contributed by atoms with Gasteiger partial charge >= 0.3 is 12.4 Å². The highest BCUT2D eigenvalue weighted by Crippen LogP contribution is 2.67. The van der Waals surface area contributed by atoms with Crippen LogP contribution in [-0.4, -0.2) is 34.3 Å². The van der Waals surface area contributed by atoms with Gasteiger partial charge in [0.1, 0.15) is 0 Å². The molecule has 0 aromatic heterocycles. The molecule has 36 heavy (non-hydrogen) atoms. The molecule has 200 valence electrons. The van der Waals surface area contributed by atoms with E-state index >= 15 is 0 Å². The van der Waals surface area contributed by atoms with Crippen molar-refractivity contribution >= 4 is 0 Å². The van der Waals surface area contributed by atoms with Crippen LogP contribution in [0.4, 0.5) is 26.3 Å². The molecule has 2 N–H and O–H groups in total. The summed E-state index contributed by atoms with van der Waals surface area (Å²) in [7, 11) is 0. The molecule has 0 saturated heterocycles. The highest BCUT2D eigenvalue weighted by molar-refractivity contribution is 5.42. The molecule has 2 nitrogen and oxygen atoms in total. The quantitative estimate of drug-likeness (QED) is 0.291. The Balaban J connectivity index is 1.53. The fraction of sp³-hybridized carbons (Fsp3) is 0.643. The topological polar surface area (TPSA) is 40.5 Å². The Hall–Kier alpha value is -1.80. The van der Waals surface area contributed by atoms with Gasteiger partial charge in [-0.15, -0.1) is 0 Å². The molecule has 0 radical (unpaired) electrons. The molecule has 0 aromatic carbocycles. The molecule has 8 heteroatoms. The van der Waals surface area contributed by atoms with E-state index in [-0.39, 0.29) is 23.8 Å². The van der Waals surface area contributed by atoms with E-state index in [4.69, 9.17) is 0 Å². The average Bonchev–Trinajstić information content (AvgIpc) is 3.46. The van der Waals surface area contributed by atoms with Crippen molar-refractivity contribution in [3.63, 3.8) is 0 Å². The number of fused-ring (bicyclic) bond motifs is 1. The van der Waals surface area contributed by atoms with Crippen LogP contribution < -0.4 is 0 Å². The van der Waals surface area contributed by atoms with Gasteiger partial charge in [0.15, 0.2) is 0 Å². The van der Waals surface area contributed by atoms with Gasteiger partial charge in [-0.05, 0) is 98.2 Å². The molecular formula is C28H34F6O2. The molecule has 0 aliphatic heterocycles. The smallest absolute Gasteiger partial charge is 0.388 e. The van der Waals surface area contributed by atoms with E-state index in [2.05, 4.69) is 31.7 Å². The first-order valence-corrected chi connectivity index (χ1v) is 12.7. The van der Waals surface area contributed by atoms with Crippen molar-refractivity contribution in [2.75, 3.05) is 0 Å². The number of hydrogen-bond acceptors (Lipinski definition) is 2. The summed E-state index contributed by atoms with van der Waals surface area (Å²) < 4.78 is 78.3. The molecule has 3 atom stereocenters. The van der Waals surface area contributed by atoms with Gasteiger partial charge in [-0.25, -0.2) is 0 Å². The van der Waals surface area contributed by atoms with Gasteiger partial charge in [0, 0.05) is 0 Å². The molecule has 0 amide bonds. The van der Waals surface area contributed by atoms with E-state index in [1.807, 2.05) is 0 Å². The van der Waals surface area contributed by atoms with E-state index in [9.17, 15) is 36.6 Å². The van der Waals surface area contributed by atoms with Crippen LogP contribution in [0, 0.1) is 16.7 Å². The summed E-state index contributed by atoms with van der Waals surface area (Å²) in [6.45, 7) is 6.20. The van der Waals surface area contributed by atoms with E-state index < -0.39 is 29.5 Å². The minimum absolute atomic E-state index is 0.0381. The summed E-state index contributed by atoms with van der Waals surface area (Å²) in [5, 5.41) is 19.6. The van der Waals surface area contributed by atoms with Gasteiger partial charge in [-0.1, -0.05) is 49.0 Å². The van der Waals surface area contributed by atoms with Crippen LogP contribution in [0.2, 0.25) is 0 Å². The number of halogens is 6. The number of rotatable bonds is 5. The molecule has 3 unspecified atom stereocenters. The monoisotopic (exact) mass is 516 g/mol. The minimum atomic E-state index is -5.85. The van der Waals surface area contributed by atoms with E-state index in [1.54, 1.807) is 0 Å². The first-order chi connectivity index (χ1) is 16.6. The molecule has 0 heterocycles. The summed E-state index contributed by atoms with van der Waals surface area (Å²) in [6, 6.07) is 0. The van der Waals surface area contributed by atoms with Gasteiger partial charge in [0.2, 0.25) is 0 Å². The molecule has 3 saturated carbocycles. The van der Waals surface area contributed by atoms with E-state index in [0.29, 0.717) is 12.8 Å². The van der Waals surface area contributed by atoms with Crippen molar-refractivity contribution in [3.8, 4) is 0 Å². The standard InChI is InChI=1S/C28H34F6O2/c1-18-19(6-3-8-22(18)35)9-10-20-7-4-13-24(2)21(20)11-12-23(24)25(16-17-25)14-5-15-26(36,27(29,30)31)28(32,33)34/h5,9-10,12,15,21-22,35-36H,1,3-4,6-8,11,13-14,16-17H2,2H3/b15-5-,19-9-,20-10+. The maximum absolute atomic E-state index is 13.1. The fourth-order valence-electron chi connectivity index (χ4n) is 6.61. The molecule has 0 bridgehead atoms. The molecular weight excluding hydrogens is 482 g/mol. The SMILES string of the molecule is C=C1/C(=C\C=C2/CCCC3(C)C(C4(C/C=C\C(O)(C(F)(F)F)C(F)(F)F)CC4)=CCC23)CCCC1O. The molecule has 3 fully saturated rings. The predicted octanol–water partition coefficient (Wildman–Crippen LogP) is 7.66. The van der Waals surface area contributed by atoms with Gasteiger partial charge in [-0.2, -0.15) is 26.3 Å². The maximum atomic E-state index is 13.1. The summed E-state index contributed by atoms with van der Waals surface area (Å²) in [5.74, 6) is 0.239. The summed E-state index contributed by atoms with van der Waals surface area (Å²) >= 11 is 0. The summed E-state index contributed by atoms with van der Waals surface area (Å²) in [5.41, 5.74) is -1.22. The number of alkyl halides is 6. The van der Waals surface area contributed by atoms with Crippen LogP contribution in [0.25, 0.3) is 0 Å². The van der Waals surface area contributed by atoms with Crippen LogP contribution in [-0.2, 0) is 0 Å². The molecule has 4 rings (SSSR count). The lowest BCUT2D eigenvalue weighted by molar-refractivity contribution is -0.347. The zero-order valence-electron chi connectivity index (χ0n) is 20.5. The Labute approximate surface area is 208 Å². The molecule has 4 aliphatic carbocycles. The lowest BCUT2D eigenvalue weighted by Gasteiger charge is -2.43. The van der Waals surface area contributed by atoms with Gasteiger partial charge in [0.05, 0.1) is 6.10 Å². The lowest BCUT2D eigenvalue weighted by Crippen LogP contribution is -2.55. The third kappa shape index (κ3) is 4.64. The zero-order chi connectivity index (χ0) is 26.6. The van der Waals surface area contributed by atoms with Crippen molar-refractivity contribution in [1.29, 1.82) is 0 Å². The Kier molecular flexibility index (Phi) is 6.95. The second-order valence-electron chi connectivity index (χ2n) is 11.2. The first kappa shape index (κ1) is 27.2. The van der Waals surface area contributed by atoms with Crippen molar-refractivity contribution in [3.05, 3.63) is 59.3 Å². The number of aliphatic hydroxyl groups is 2. The third-order valence-electron chi connectivity index (χ3n) is 8.95. The largest absolute Gasteiger partial charge is 0.429 e. The molecule has 0 aromatic rings. The van der Waals surface area contributed by atoms with Crippen molar-refractivity contribution in [2.45, 2.75) is 95.2 Å². The Morgan fingerprint density at radius 3 is 2.31 bits per heavy atom. The fourth-order valence-corrected chi connectivity index (χ4v) is 6.61. The minimum Gasteiger partial charge on any atom is -0.388 e. The van der Waals surface area contributed by atoms with Gasteiger partial charge in [0.25, 0.3) is 5.60 Å². The van der Waals surface area contributed by atoms with Crippen LogP contribution >= 0.6 is 0 Å². The number of hydrogen-bond donors (Lipinski definition) is 2. The van der Waals surface area contributed by atoms with E-state index in [1.165, 1.54) is 5.57 Å². The Morgan fingerprint density at radius 1 is 1.03 bits per heavy atom. The number of aliphatic hydroxyl groups excluding tert-OH is 1. The van der Waals surface area contributed by atoms with Crippen molar-refractivity contribution in [1.82, 2.24) is 0 Å². The van der Waals surface area contributed by atoms with E-state index in [0.717, 1.165) is 67.7 Å². The average molecular weight is 517 g/mol. The van der Waals surface area contributed by atoms with Crippen LogP contribution in [0.15, 0.2) is 59.3 Å². The summed E-state index contributed by atoms with van der Waals surface area (Å²) in [6.07, 6.45) is 2.50. The van der Waals surface area contributed by atoms with Gasteiger partial charge in [-0.3, -0.25) is 0 Å². The van der Waals surface area contributed by atoms with Crippen molar-refractivity contribution < 1.29 is 36.6 Å². The lowest BCUT2D eigenvalue weighted by atomic mass is 9.61. The second kappa shape index (κ2) is 9.19.